The molecule has 9 heavy (non-hydrogen) atoms. The van der Waals surface area contributed by atoms with Gasteiger partial charge in [-0.3, -0.25) is 4.79 Å². The summed E-state index contributed by atoms with van der Waals surface area (Å²) >= 11 is 0. The summed E-state index contributed by atoms with van der Waals surface area (Å²) in [4.78, 5) is 10.5. The molecule has 0 aromatic carbocycles. The summed E-state index contributed by atoms with van der Waals surface area (Å²) in [6.45, 7) is 0. The molecule has 1 aliphatic carbocycles. The van der Waals surface area contributed by atoms with Crippen LogP contribution in [0.1, 0.15) is 32.1 Å². The van der Waals surface area contributed by atoms with Crippen molar-refractivity contribution in [2.45, 2.75) is 32.1 Å². The third kappa shape index (κ3) is 4.74. The van der Waals surface area contributed by atoms with Crippen molar-refractivity contribution in [2.75, 3.05) is 0 Å². The molecule has 0 aromatic rings. The van der Waals surface area contributed by atoms with Crippen LogP contribution in [0.5, 0.6) is 0 Å². The van der Waals surface area contributed by atoms with Crippen molar-refractivity contribution in [1.82, 2.24) is 0 Å². The van der Waals surface area contributed by atoms with Gasteiger partial charge in [0.1, 0.15) is 5.78 Å². The van der Waals surface area contributed by atoms with Crippen LogP contribution in [-0.4, -0.2) is 5.78 Å². The van der Waals surface area contributed by atoms with Crippen molar-refractivity contribution >= 4 is 5.78 Å². The van der Waals surface area contributed by atoms with E-state index in [4.69, 9.17) is 0 Å². The molecule has 0 amide bonds. The van der Waals surface area contributed by atoms with E-state index >= 15 is 0 Å². The maximum absolute atomic E-state index is 10.5. The van der Waals surface area contributed by atoms with E-state index in [-0.39, 0.29) is 26.0 Å². The van der Waals surface area contributed by atoms with E-state index < -0.39 is 0 Å². The molecule has 53 valence electrons. The van der Waals surface area contributed by atoms with Crippen LogP contribution in [0.4, 0.5) is 0 Å². The zero-order chi connectivity index (χ0) is 5.11. The van der Waals surface area contributed by atoms with Gasteiger partial charge in [0.2, 0.25) is 0 Å². The summed E-state index contributed by atoms with van der Waals surface area (Å²) in [5.74, 6) is 0.464. The molecular weight excluding hydrogens is 151 g/mol. The Bertz CT molecular complexity index is 73.0. The summed E-state index contributed by atoms with van der Waals surface area (Å²) in [5.41, 5.74) is 0. The van der Waals surface area contributed by atoms with Crippen molar-refractivity contribution in [3.05, 3.63) is 7.43 Å². The Balaban J connectivity index is 0. The quantitative estimate of drug-likeness (QED) is 0.500. The molecule has 0 aromatic heterocycles. The minimum atomic E-state index is 0. The summed E-state index contributed by atoms with van der Waals surface area (Å²) in [6, 6.07) is 0. The van der Waals surface area contributed by atoms with E-state index in [0.717, 1.165) is 25.7 Å². The third-order valence-corrected chi connectivity index (χ3v) is 1.41. The molecule has 0 unspecified atom stereocenters. The number of carbonyl (C=O) groups excluding carboxylic acids is 1. The van der Waals surface area contributed by atoms with E-state index in [1.165, 1.54) is 6.42 Å². The molecule has 1 radical (unpaired) electrons. The van der Waals surface area contributed by atoms with Crippen LogP contribution in [0.3, 0.4) is 0 Å². The first-order valence-electron chi connectivity index (χ1n) is 2.91. The van der Waals surface area contributed by atoms with Crippen LogP contribution < -0.4 is 0 Å². The summed E-state index contributed by atoms with van der Waals surface area (Å²) in [5, 5.41) is 0. The minimum absolute atomic E-state index is 0. The number of hydrogen-bond donors (Lipinski definition) is 0. The topological polar surface area (TPSA) is 17.1 Å². The number of rotatable bonds is 0. The molecule has 0 spiro atoms. The van der Waals surface area contributed by atoms with Gasteiger partial charge in [-0.2, -0.15) is 0 Å². The first-order valence-corrected chi connectivity index (χ1v) is 2.91. The molecule has 1 aliphatic rings. The van der Waals surface area contributed by atoms with E-state index in [0.29, 0.717) is 5.78 Å². The second-order valence-electron chi connectivity index (χ2n) is 2.10. The van der Waals surface area contributed by atoms with Crippen molar-refractivity contribution in [3.63, 3.8) is 0 Å². The monoisotopic (exact) mass is 164 g/mol. The molecule has 2 heteroatoms. The normalized spacial score (nSPS) is 17.6. The van der Waals surface area contributed by atoms with Gasteiger partial charge >= 0.3 is 0 Å². The molecular formula is C7H13OV-. The second kappa shape index (κ2) is 6.38. The second-order valence-corrected chi connectivity index (χ2v) is 2.10. The van der Waals surface area contributed by atoms with Crippen molar-refractivity contribution in [2.24, 2.45) is 0 Å². The zero-order valence-electron chi connectivity index (χ0n) is 5.89. The Morgan fingerprint density at radius 3 is 1.67 bits per heavy atom. The molecule has 0 heterocycles. The third-order valence-electron chi connectivity index (χ3n) is 1.41. The number of Topliss-reactive ketones (excluding diaryl/α,β-unsaturated/α-hetero) is 1. The number of hydrogen-bond acceptors (Lipinski definition) is 1. The molecule has 1 rings (SSSR count). The average Bonchev–Trinajstić information content (AvgIpc) is 1.69. The number of carbonyl (C=O) groups is 1. The van der Waals surface area contributed by atoms with Gasteiger partial charge in [0.05, 0.1) is 0 Å². The van der Waals surface area contributed by atoms with Gasteiger partial charge in [-0.25, -0.2) is 0 Å². The summed E-state index contributed by atoms with van der Waals surface area (Å²) in [6.07, 6.45) is 5.24. The Hall–Kier alpha value is 0.254. The maximum Gasteiger partial charge on any atom is 0.132 e. The fourth-order valence-corrected chi connectivity index (χ4v) is 0.946. The molecule has 0 saturated heterocycles. The maximum atomic E-state index is 10.5. The Morgan fingerprint density at radius 2 is 1.44 bits per heavy atom. The predicted octanol–water partition coefficient (Wildman–Crippen LogP) is 1.97. The van der Waals surface area contributed by atoms with Crippen LogP contribution >= 0.6 is 0 Å². The molecule has 0 bridgehead atoms. The van der Waals surface area contributed by atoms with Crippen molar-refractivity contribution in [3.8, 4) is 0 Å². The molecule has 0 aliphatic heterocycles. The van der Waals surface area contributed by atoms with Crippen LogP contribution in [0.15, 0.2) is 0 Å². The fourth-order valence-electron chi connectivity index (χ4n) is 0.946. The molecule has 0 atom stereocenters. The fraction of sp³-hybridized carbons (Fsp3) is 0.714. The largest absolute Gasteiger partial charge is 0.358 e. The Labute approximate surface area is 69.1 Å². The average molecular weight is 164 g/mol. The molecule has 1 saturated carbocycles. The van der Waals surface area contributed by atoms with E-state index in [9.17, 15) is 4.79 Å². The van der Waals surface area contributed by atoms with Crippen LogP contribution in [0.2, 0.25) is 0 Å². The zero-order valence-corrected chi connectivity index (χ0v) is 7.29. The van der Waals surface area contributed by atoms with Gasteiger partial charge in [0, 0.05) is 31.4 Å². The Kier molecular flexibility index (Phi) is 8.49. The first kappa shape index (κ1) is 12.0. The van der Waals surface area contributed by atoms with Crippen LogP contribution in [0.25, 0.3) is 0 Å². The van der Waals surface area contributed by atoms with Gasteiger partial charge in [0.25, 0.3) is 0 Å². The summed E-state index contributed by atoms with van der Waals surface area (Å²) in [7, 11) is 0. The van der Waals surface area contributed by atoms with Crippen LogP contribution in [-0.2, 0) is 23.4 Å². The van der Waals surface area contributed by atoms with Gasteiger partial charge in [-0.1, -0.05) is 6.42 Å². The van der Waals surface area contributed by atoms with Crippen LogP contribution in [0, 0.1) is 7.43 Å². The van der Waals surface area contributed by atoms with Gasteiger partial charge in [-0.15, -0.1) is 0 Å². The first-order chi connectivity index (χ1) is 3.39. The van der Waals surface area contributed by atoms with E-state index in [1.807, 2.05) is 0 Å². The van der Waals surface area contributed by atoms with Gasteiger partial charge < -0.3 is 7.43 Å². The molecule has 0 N–H and O–H groups in total. The number of ketones is 1. The van der Waals surface area contributed by atoms with E-state index in [1.54, 1.807) is 0 Å². The predicted molar refractivity (Wildman–Crippen MR) is 34.5 cm³/mol. The smallest absolute Gasteiger partial charge is 0.132 e. The minimum Gasteiger partial charge on any atom is -0.358 e. The van der Waals surface area contributed by atoms with Gasteiger partial charge in [0.15, 0.2) is 0 Å². The van der Waals surface area contributed by atoms with E-state index in [2.05, 4.69) is 0 Å². The summed E-state index contributed by atoms with van der Waals surface area (Å²) < 4.78 is 0. The Morgan fingerprint density at radius 1 is 1.00 bits per heavy atom. The van der Waals surface area contributed by atoms with Crippen molar-refractivity contribution in [1.29, 1.82) is 0 Å². The molecule has 1 fully saturated rings. The standard InChI is InChI=1S/C6H10O.CH3.V/c7-6-4-2-1-3-5-6;;/h1-5H2;1H3;/q;-1;. The van der Waals surface area contributed by atoms with Gasteiger partial charge in [-0.05, 0) is 12.8 Å². The SMILES string of the molecule is O=C1CCCCC1.[CH3-].[V]. The van der Waals surface area contributed by atoms with Crippen molar-refractivity contribution < 1.29 is 23.4 Å². The molecule has 1 nitrogen and oxygen atoms in total.